The quantitative estimate of drug-likeness (QED) is 0.311. The molecule has 1 aliphatic heterocycles. The summed E-state index contributed by atoms with van der Waals surface area (Å²) < 4.78 is 28.5. The third-order valence-corrected chi connectivity index (χ3v) is 5.73. The smallest absolute Gasteiger partial charge is 0.231 e. The summed E-state index contributed by atoms with van der Waals surface area (Å²) in [4.78, 5) is 7.11. The van der Waals surface area contributed by atoms with Crippen LogP contribution in [0.25, 0.3) is 32.4 Å². The number of aromatic nitrogens is 1. The van der Waals surface area contributed by atoms with Crippen molar-refractivity contribution in [1.82, 2.24) is 9.88 Å². The van der Waals surface area contributed by atoms with Crippen LogP contribution in [-0.2, 0) is 0 Å². The minimum Gasteiger partial charge on any atom is -0.493 e. The highest BCUT2D eigenvalue weighted by Crippen LogP contribution is 2.43. The van der Waals surface area contributed by atoms with Crippen molar-refractivity contribution in [3.8, 4) is 28.9 Å². The van der Waals surface area contributed by atoms with Gasteiger partial charge in [-0.05, 0) is 50.2 Å². The van der Waals surface area contributed by atoms with Crippen molar-refractivity contribution >= 4 is 32.4 Å². The molecule has 0 fully saturated rings. The van der Waals surface area contributed by atoms with E-state index in [1.165, 1.54) is 0 Å². The Morgan fingerprint density at radius 2 is 1.59 bits per heavy atom. The van der Waals surface area contributed by atoms with E-state index in [9.17, 15) is 0 Å². The fraction of sp³-hybridized carbons (Fsp3) is 0.320. The Morgan fingerprint density at radius 1 is 0.875 bits per heavy atom. The fourth-order valence-electron chi connectivity index (χ4n) is 4.14. The predicted octanol–water partition coefficient (Wildman–Crippen LogP) is 4.62. The third kappa shape index (κ3) is 3.48. The highest BCUT2D eigenvalue weighted by Gasteiger charge is 2.19. The Hall–Kier alpha value is -3.45. The molecular weight excluding hydrogens is 408 g/mol. The molecule has 0 aliphatic carbocycles. The minimum absolute atomic E-state index is 0.233. The summed E-state index contributed by atoms with van der Waals surface area (Å²) >= 11 is 0. The van der Waals surface area contributed by atoms with E-state index in [1.54, 1.807) is 14.2 Å². The van der Waals surface area contributed by atoms with Crippen molar-refractivity contribution in [2.24, 2.45) is 0 Å². The zero-order chi connectivity index (χ0) is 22.2. The first kappa shape index (κ1) is 20.5. The number of ether oxygens (including phenoxy) is 5. The topological polar surface area (TPSA) is 62.3 Å². The molecule has 0 amide bonds. The van der Waals surface area contributed by atoms with E-state index >= 15 is 0 Å². The maximum absolute atomic E-state index is 6.20. The second-order valence-electron chi connectivity index (χ2n) is 8.06. The van der Waals surface area contributed by atoms with Crippen LogP contribution in [0.2, 0.25) is 0 Å². The van der Waals surface area contributed by atoms with Crippen LogP contribution < -0.4 is 23.7 Å². The van der Waals surface area contributed by atoms with Gasteiger partial charge in [-0.2, -0.15) is 0 Å². The summed E-state index contributed by atoms with van der Waals surface area (Å²) in [5.41, 5.74) is 0.850. The van der Waals surface area contributed by atoms with E-state index < -0.39 is 0 Å². The van der Waals surface area contributed by atoms with E-state index in [0.29, 0.717) is 24.0 Å². The molecule has 3 aromatic carbocycles. The van der Waals surface area contributed by atoms with Gasteiger partial charge in [0.2, 0.25) is 12.7 Å². The highest BCUT2D eigenvalue weighted by molar-refractivity contribution is 6.17. The Bertz CT molecular complexity index is 1320. The normalized spacial score (nSPS) is 12.8. The molecule has 0 saturated carbocycles. The molecule has 0 spiro atoms. The van der Waals surface area contributed by atoms with Crippen LogP contribution in [0.5, 0.6) is 28.9 Å². The van der Waals surface area contributed by atoms with Gasteiger partial charge in [0.25, 0.3) is 0 Å². The molecule has 0 unspecified atom stereocenters. The standard InChI is InChI=1S/C25H26N2O5/c1-27(2)8-5-9-30-25-19-13-21(29-4)20(28-3)12-18(19)16-7-6-15-10-22-23(32-14-31-22)11-17(15)24(16)26-25/h6-7,10-13H,5,8-9,14H2,1-4H3. The van der Waals surface area contributed by atoms with Crippen molar-refractivity contribution in [2.75, 3.05) is 48.3 Å². The van der Waals surface area contributed by atoms with Crippen LogP contribution in [0, 0.1) is 0 Å². The second kappa shape index (κ2) is 8.24. The van der Waals surface area contributed by atoms with Crippen LogP contribution in [0.15, 0.2) is 36.4 Å². The van der Waals surface area contributed by atoms with Gasteiger partial charge in [-0.1, -0.05) is 12.1 Å². The van der Waals surface area contributed by atoms with E-state index in [1.807, 2.05) is 24.3 Å². The van der Waals surface area contributed by atoms with E-state index in [-0.39, 0.29) is 6.79 Å². The Kier molecular flexibility index (Phi) is 5.27. The summed E-state index contributed by atoms with van der Waals surface area (Å²) in [7, 11) is 7.38. The lowest BCUT2D eigenvalue weighted by Gasteiger charge is -2.16. The van der Waals surface area contributed by atoms with E-state index in [2.05, 4.69) is 31.1 Å². The number of hydrogen-bond donors (Lipinski definition) is 0. The van der Waals surface area contributed by atoms with E-state index in [4.69, 9.17) is 28.7 Å². The third-order valence-electron chi connectivity index (χ3n) is 5.73. The maximum atomic E-state index is 6.20. The lowest BCUT2D eigenvalue weighted by atomic mass is 10.0. The molecule has 32 heavy (non-hydrogen) atoms. The number of benzene rings is 3. The van der Waals surface area contributed by atoms with Gasteiger partial charge >= 0.3 is 0 Å². The molecule has 1 aromatic heterocycles. The van der Waals surface area contributed by atoms with Crippen molar-refractivity contribution in [2.45, 2.75) is 6.42 Å². The van der Waals surface area contributed by atoms with Gasteiger partial charge in [0, 0.05) is 28.1 Å². The molecule has 0 radical (unpaired) electrons. The fourth-order valence-corrected chi connectivity index (χ4v) is 4.14. The zero-order valence-corrected chi connectivity index (χ0v) is 18.7. The van der Waals surface area contributed by atoms with Gasteiger partial charge in [-0.25, -0.2) is 4.98 Å². The number of rotatable bonds is 7. The first-order valence-corrected chi connectivity index (χ1v) is 10.6. The largest absolute Gasteiger partial charge is 0.493 e. The Labute approximate surface area is 186 Å². The summed E-state index contributed by atoms with van der Waals surface area (Å²) in [5, 5.41) is 4.91. The highest BCUT2D eigenvalue weighted by atomic mass is 16.7. The van der Waals surface area contributed by atoms with Crippen LogP contribution >= 0.6 is 0 Å². The molecule has 4 aromatic rings. The van der Waals surface area contributed by atoms with Gasteiger partial charge in [0.1, 0.15) is 0 Å². The number of fused-ring (bicyclic) bond motifs is 6. The lowest BCUT2D eigenvalue weighted by molar-refractivity contribution is 0.174. The first-order valence-electron chi connectivity index (χ1n) is 10.6. The number of hydrogen-bond acceptors (Lipinski definition) is 7. The van der Waals surface area contributed by atoms with Gasteiger partial charge in [-0.15, -0.1) is 0 Å². The molecule has 7 nitrogen and oxygen atoms in total. The second-order valence-corrected chi connectivity index (χ2v) is 8.06. The zero-order valence-electron chi connectivity index (χ0n) is 18.7. The molecule has 0 atom stereocenters. The van der Waals surface area contributed by atoms with Crippen molar-refractivity contribution in [3.05, 3.63) is 36.4 Å². The van der Waals surface area contributed by atoms with Gasteiger partial charge in [0.15, 0.2) is 23.0 Å². The lowest BCUT2D eigenvalue weighted by Crippen LogP contribution is -2.15. The van der Waals surface area contributed by atoms with Crippen LogP contribution in [-0.4, -0.2) is 58.1 Å². The molecular formula is C25H26N2O5. The molecule has 2 heterocycles. The summed E-state index contributed by atoms with van der Waals surface area (Å²) in [6.45, 7) is 1.74. The van der Waals surface area contributed by atoms with Crippen LogP contribution in [0.1, 0.15) is 6.42 Å². The molecule has 7 heteroatoms. The molecule has 166 valence electrons. The molecule has 0 saturated heterocycles. The minimum atomic E-state index is 0.233. The summed E-state index contributed by atoms with van der Waals surface area (Å²) in [6, 6.07) is 12.1. The van der Waals surface area contributed by atoms with Gasteiger partial charge < -0.3 is 28.6 Å². The number of nitrogens with zero attached hydrogens (tertiary/aromatic N) is 2. The Balaban J connectivity index is 1.74. The van der Waals surface area contributed by atoms with Crippen molar-refractivity contribution < 1.29 is 23.7 Å². The average molecular weight is 434 g/mol. The van der Waals surface area contributed by atoms with Crippen LogP contribution in [0.3, 0.4) is 0 Å². The Morgan fingerprint density at radius 3 is 2.31 bits per heavy atom. The van der Waals surface area contributed by atoms with Crippen molar-refractivity contribution in [1.29, 1.82) is 0 Å². The maximum Gasteiger partial charge on any atom is 0.231 e. The summed E-state index contributed by atoms with van der Waals surface area (Å²) in [5.74, 6) is 3.37. The van der Waals surface area contributed by atoms with Gasteiger partial charge in [-0.3, -0.25) is 0 Å². The predicted molar refractivity (Wildman–Crippen MR) is 125 cm³/mol. The average Bonchev–Trinajstić information content (AvgIpc) is 3.26. The van der Waals surface area contributed by atoms with Gasteiger partial charge in [0.05, 0.1) is 26.3 Å². The molecule has 5 rings (SSSR count). The molecule has 0 N–H and O–H groups in total. The number of methoxy groups -OCH3 is 2. The molecule has 1 aliphatic rings. The van der Waals surface area contributed by atoms with E-state index in [0.717, 1.165) is 56.9 Å². The first-order chi connectivity index (χ1) is 15.6. The van der Waals surface area contributed by atoms with Crippen molar-refractivity contribution in [3.63, 3.8) is 0 Å². The number of pyridine rings is 1. The monoisotopic (exact) mass is 434 g/mol. The molecule has 0 bridgehead atoms. The summed E-state index contributed by atoms with van der Waals surface area (Å²) in [6.07, 6.45) is 0.899. The van der Waals surface area contributed by atoms with Crippen LogP contribution in [0.4, 0.5) is 0 Å². The SMILES string of the molecule is COc1cc2c(OCCCN(C)C)nc3c4cc5c(cc4ccc3c2cc1OC)OCO5.